The van der Waals surface area contributed by atoms with E-state index >= 15 is 0 Å². The maximum Gasteiger partial charge on any atom is 0.417 e. The molecule has 6 unspecified atom stereocenters. The van der Waals surface area contributed by atoms with Gasteiger partial charge in [0.05, 0.1) is 224 Å². The molecule has 5 aromatic heterocycles. The summed E-state index contributed by atoms with van der Waals surface area (Å²) in [6, 6.07) is 18.8. The Morgan fingerprint density at radius 3 is 1.39 bits per heavy atom. The third-order valence-corrected chi connectivity index (χ3v) is 26.1. The van der Waals surface area contributed by atoms with Crippen LogP contribution in [0.15, 0.2) is 97.7 Å². The molecular weight excluding hydrogens is 1890 g/mol. The third kappa shape index (κ3) is 28.8. The van der Waals surface area contributed by atoms with Crippen molar-refractivity contribution >= 4 is 105 Å². The van der Waals surface area contributed by atoms with Gasteiger partial charge < -0.3 is 88.3 Å². The van der Waals surface area contributed by atoms with Crippen molar-refractivity contribution in [3.8, 4) is 5.75 Å². The van der Waals surface area contributed by atoms with Gasteiger partial charge in [-0.15, -0.1) is 0 Å². The number of halogens is 5. The van der Waals surface area contributed by atoms with E-state index in [4.69, 9.17) is 61.5 Å². The van der Waals surface area contributed by atoms with Gasteiger partial charge in [-0.05, 0) is 211 Å². The van der Waals surface area contributed by atoms with Gasteiger partial charge in [0.15, 0.2) is 0 Å². The number of hydrogen-bond donors (Lipinski definition) is 5. The molecule has 10 aliphatic heterocycles. The van der Waals surface area contributed by atoms with E-state index in [0.29, 0.717) is 114 Å². The highest BCUT2D eigenvalue weighted by molar-refractivity contribution is 14.1. The molecule has 0 bridgehead atoms. The van der Waals surface area contributed by atoms with Crippen LogP contribution in [0.3, 0.4) is 0 Å². The number of hydrogen-bond acceptors (Lipinski definition) is 25. The van der Waals surface area contributed by atoms with Crippen molar-refractivity contribution in [3.63, 3.8) is 0 Å². The van der Waals surface area contributed by atoms with Crippen LogP contribution in [0.1, 0.15) is 167 Å². The lowest BCUT2D eigenvalue weighted by Gasteiger charge is -2.35. The van der Waals surface area contributed by atoms with E-state index in [1.54, 1.807) is 66.4 Å². The second-order valence-corrected chi connectivity index (χ2v) is 40.0. The lowest BCUT2D eigenvalue weighted by Crippen LogP contribution is -2.47. The van der Waals surface area contributed by atoms with Crippen LogP contribution in [0.4, 0.5) is 56.4 Å². The fourth-order valence-electron chi connectivity index (χ4n) is 18.0. The number of anilines is 5. The van der Waals surface area contributed by atoms with Crippen LogP contribution in [-0.2, 0) is 105 Å². The third-order valence-electron chi connectivity index (χ3n) is 24.6. The number of amides is 5. The molecule has 0 radical (unpaired) electrons. The Labute approximate surface area is 814 Å². The lowest BCUT2D eigenvalue weighted by molar-refractivity contribution is -0.132. The molecule has 5 saturated heterocycles. The van der Waals surface area contributed by atoms with Gasteiger partial charge in [-0.2, -0.15) is 25.5 Å². The number of ether oxygens (including phenoxy) is 7. The molecule has 8 aromatic rings. The van der Waals surface area contributed by atoms with E-state index in [0.717, 1.165) is 166 Å². The zero-order chi connectivity index (χ0) is 96.8. The Balaban J connectivity index is 0.000000145. The molecule has 6 atom stereocenters. The highest BCUT2D eigenvalue weighted by Crippen LogP contribution is 2.37. The SMILES string of the molecule is CC(C)(C)OC(=O)N1CCn2ncc(N3CCCC3CO)c2C1.CC1Cn2ncc(I)c2CN1C(=O)OC(C)(C)C.COCC1CCCN1c1cnn2c1CN(C(=O)Cc1ccc(F)c(Cl)c1)CC2.COCC1CCCN1c1cnn2c1CN(C(=O)OC(C)(C)C)CC2.COCC1CCCN1c1cnn2c1CNCC2.O=C(Nc1ccc(F)c(Cl)c1)Oc1ccccc1.OCC1CCCN1. The molecule has 135 heavy (non-hydrogen) atoms. The minimum atomic E-state index is -0.663. The maximum atomic E-state index is 13.3. The Bertz CT molecular complexity index is 5190. The Morgan fingerprint density at radius 2 is 0.933 bits per heavy atom. The van der Waals surface area contributed by atoms with Crippen LogP contribution < -0.4 is 40.3 Å². The van der Waals surface area contributed by atoms with E-state index in [1.807, 2.05) is 130 Å². The average molecular weight is 2030 g/mol. The molecule has 3 aromatic carbocycles. The van der Waals surface area contributed by atoms with Crippen molar-refractivity contribution in [1.82, 2.24) is 79.1 Å². The summed E-state index contributed by atoms with van der Waals surface area (Å²) in [6.07, 6.45) is 19.8. The Morgan fingerprint density at radius 1 is 0.489 bits per heavy atom. The fourth-order valence-corrected chi connectivity index (χ4v) is 18.9. The summed E-state index contributed by atoms with van der Waals surface area (Å²) in [5.74, 6) is -0.585. The van der Waals surface area contributed by atoms with Gasteiger partial charge in [0, 0.05) is 92.0 Å². The van der Waals surface area contributed by atoms with Crippen LogP contribution in [0.25, 0.3) is 0 Å². The lowest BCUT2D eigenvalue weighted by atomic mass is 10.1. The van der Waals surface area contributed by atoms with E-state index in [2.05, 4.69) is 88.3 Å². The first-order valence-corrected chi connectivity index (χ1v) is 48.7. The summed E-state index contributed by atoms with van der Waals surface area (Å²) >= 11 is 13.7. The van der Waals surface area contributed by atoms with E-state index in [9.17, 15) is 37.9 Å². The van der Waals surface area contributed by atoms with Crippen molar-refractivity contribution < 1.29 is 76.1 Å². The predicted molar refractivity (Wildman–Crippen MR) is 520 cm³/mol. The second kappa shape index (κ2) is 48.6. The highest BCUT2D eigenvalue weighted by atomic mass is 127. The van der Waals surface area contributed by atoms with Crippen molar-refractivity contribution in [2.24, 2.45) is 0 Å². The number of nitrogens with one attached hydrogen (secondary N) is 3. The molecular formula is C95H136Cl2F2IN21O14. The molecule has 18 rings (SSSR count). The van der Waals surface area contributed by atoms with Crippen molar-refractivity contribution in [2.45, 2.75) is 258 Å². The first-order chi connectivity index (χ1) is 64.6. The quantitative estimate of drug-likeness (QED) is 0.0443. The summed E-state index contributed by atoms with van der Waals surface area (Å²) in [4.78, 5) is 77.7. The van der Waals surface area contributed by atoms with Crippen LogP contribution in [-0.4, -0.2) is 275 Å². The van der Waals surface area contributed by atoms with E-state index in [1.165, 1.54) is 61.0 Å². The monoisotopic (exact) mass is 2030 g/mol. The molecule has 0 aliphatic carbocycles. The van der Waals surface area contributed by atoms with Crippen LogP contribution in [0.2, 0.25) is 10.0 Å². The number of methoxy groups -OCH3 is 3. The largest absolute Gasteiger partial charge is 0.444 e. The van der Waals surface area contributed by atoms with Crippen LogP contribution in [0.5, 0.6) is 5.75 Å². The summed E-state index contributed by atoms with van der Waals surface area (Å²) in [7, 11) is 5.26. The highest BCUT2D eigenvalue weighted by Gasteiger charge is 2.39. The molecule has 5 N–H and O–H groups in total. The number of nitrogens with zero attached hydrogens (tertiary/aromatic N) is 18. The molecule has 0 spiro atoms. The number of para-hydroxylation sites is 1. The van der Waals surface area contributed by atoms with E-state index in [-0.39, 0.29) is 59.3 Å². The number of aliphatic hydroxyl groups is 2. The molecule has 5 fully saturated rings. The number of rotatable bonds is 16. The van der Waals surface area contributed by atoms with Crippen molar-refractivity contribution in [3.05, 3.63) is 157 Å². The summed E-state index contributed by atoms with van der Waals surface area (Å²) < 4.78 is 74.9. The minimum Gasteiger partial charge on any atom is -0.444 e. The van der Waals surface area contributed by atoms with Gasteiger partial charge in [0.25, 0.3) is 0 Å². The number of carbonyl (C=O) groups excluding carboxylic acids is 5. The van der Waals surface area contributed by atoms with Gasteiger partial charge in [0.1, 0.15) is 34.2 Å². The normalized spacial score (nSPS) is 20.0. The fraction of sp³-hybridized carbons (Fsp3) is 0.600. The molecule has 15 heterocycles. The molecule has 40 heteroatoms. The van der Waals surface area contributed by atoms with Gasteiger partial charge in [0.2, 0.25) is 5.91 Å². The van der Waals surface area contributed by atoms with Crippen molar-refractivity contribution in [2.75, 3.05) is 138 Å². The molecule has 5 amide bonds. The molecule has 0 saturated carbocycles. The summed E-state index contributed by atoms with van der Waals surface area (Å²) in [6.45, 7) is 36.5. The number of carbonyl (C=O) groups is 5. The zero-order valence-corrected chi connectivity index (χ0v) is 83.9. The molecule has 740 valence electrons. The topological polar surface area (TPSA) is 342 Å². The predicted octanol–water partition coefficient (Wildman–Crippen LogP) is 13.8. The Kier molecular flexibility index (Phi) is 37.5. The van der Waals surface area contributed by atoms with Gasteiger partial charge in [-0.3, -0.25) is 38.4 Å². The summed E-state index contributed by atoms with van der Waals surface area (Å²) in [5.41, 5.74) is 9.83. The van der Waals surface area contributed by atoms with Crippen LogP contribution in [0, 0.1) is 15.2 Å². The summed E-state index contributed by atoms with van der Waals surface area (Å²) in [5, 5.41) is 49.4. The molecule has 35 nitrogen and oxygen atoms in total. The minimum absolute atomic E-state index is 0.0101. The zero-order valence-electron chi connectivity index (χ0n) is 80.2. The average Bonchev–Trinajstić information content (AvgIpc) is 1.63. The van der Waals surface area contributed by atoms with Gasteiger partial charge in [-0.1, -0.05) is 47.5 Å². The van der Waals surface area contributed by atoms with Crippen LogP contribution >= 0.6 is 45.8 Å². The first-order valence-electron chi connectivity index (χ1n) is 46.8. The standard InChI is InChI=1S/C20H24ClFN4O2.C17H28N4O3.C16H26N4O3.C13H9ClFNO2.C12H18IN3O2.C12H20N4O.C5H11NO/c1-28-13-15-3-2-6-25(15)18-11-23-26-8-7-24(12-19(18)26)20(27)10-14-4-5-17(22)16(21)9-14;1-17(2,3)24-16(22)19-8-9-21-15(11-19)14(10-18-21)20-7-5-6-13(20)12-23-4;1-16(2,3)23-15(22)18-7-8-20-14(10-18)13(9-17-20)19-6-4-5-12(19)11-21;14-11-8-9(6-7-12(11)15)16-13(17)18-10-4-2-1-3-5-10;1-8-6-16-10(9(13)5-14-16)7-15(8)11(17)18-12(2,3)4;1-17-9-10-3-2-5-15(10)11-8-14-16-6-4-13-7-12(11)16;7-4-5-2-1-3-6-5/h4-5,9,11,15H,2-3,6-8,10,12-13H2,1H3;10,13H,5-9,11-12H2,1-4H3;9,12,21H,4-8,10-11H2,1-3H3;1-8H,(H,16,17);5,8H,6-7H2,1-4H3;8,10,13H,2-7,9H2,1H3;5-7H,1-4H2. The van der Waals surface area contributed by atoms with Crippen molar-refractivity contribution in [1.29, 1.82) is 0 Å². The second-order valence-electron chi connectivity index (χ2n) is 38.0. The number of aliphatic hydroxyl groups excluding tert-OH is 2. The van der Waals surface area contributed by atoms with Gasteiger partial charge in [-0.25, -0.2) is 28.0 Å². The first kappa shape index (κ1) is 104. The maximum absolute atomic E-state index is 13.3. The number of aromatic nitrogens is 10. The Hall–Kier alpha value is -9.65. The molecule has 10 aliphatic rings. The smallest absolute Gasteiger partial charge is 0.417 e. The number of benzene rings is 3. The van der Waals surface area contributed by atoms with Gasteiger partial charge >= 0.3 is 24.4 Å². The number of fused-ring (bicyclic) bond motifs is 5. The van der Waals surface area contributed by atoms with E-state index < -0.39 is 34.5 Å².